The molecule has 3 rings (SSSR count). The van der Waals surface area contributed by atoms with Gasteiger partial charge in [0.15, 0.2) is 0 Å². The number of nitrogens with one attached hydrogen (secondary N) is 2. The topological polar surface area (TPSA) is 37.2 Å². The van der Waals surface area contributed by atoms with Crippen molar-refractivity contribution in [2.24, 2.45) is 0 Å². The first-order chi connectivity index (χ1) is 8.81. The first-order valence-corrected chi connectivity index (χ1v) is 6.74. The molecule has 1 heterocycles. The SMILES string of the molecule is Cc1ccc2oc(CNCCNC3CC3)cc2c1. The summed E-state index contributed by atoms with van der Waals surface area (Å²) in [5, 5.41) is 8.09. The van der Waals surface area contributed by atoms with Gasteiger partial charge in [-0.25, -0.2) is 0 Å². The fraction of sp³-hybridized carbons (Fsp3) is 0.467. The Morgan fingerprint density at radius 1 is 1.22 bits per heavy atom. The van der Waals surface area contributed by atoms with Gasteiger partial charge in [-0.2, -0.15) is 0 Å². The molecule has 18 heavy (non-hydrogen) atoms. The van der Waals surface area contributed by atoms with Crippen LogP contribution in [0.2, 0.25) is 0 Å². The fourth-order valence-electron chi connectivity index (χ4n) is 2.17. The lowest BCUT2D eigenvalue weighted by Gasteiger charge is -2.03. The van der Waals surface area contributed by atoms with E-state index in [2.05, 4.69) is 35.8 Å². The summed E-state index contributed by atoms with van der Waals surface area (Å²) in [5.41, 5.74) is 2.25. The summed E-state index contributed by atoms with van der Waals surface area (Å²) in [6.45, 7) is 4.95. The Morgan fingerprint density at radius 2 is 2.11 bits per heavy atom. The maximum Gasteiger partial charge on any atom is 0.134 e. The molecular formula is C15H20N2O. The number of benzene rings is 1. The maximum atomic E-state index is 5.78. The van der Waals surface area contributed by atoms with Crippen molar-refractivity contribution in [3.05, 3.63) is 35.6 Å². The van der Waals surface area contributed by atoms with Gasteiger partial charge in [-0.1, -0.05) is 11.6 Å². The van der Waals surface area contributed by atoms with E-state index in [1.54, 1.807) is 0 Å². The largest absolute Gasteiger partial charge is 0.460 e. The van der Waals surface area contributed by atoms with Crippen molar-refractivity contribution >= 4 is 11.0 Å². The molecule has 1 aromatic carbocycles. The lowest BCUT2D eigenvalue weighted by Crippen LogP contribution is -2.28. The number of aryl methyl sites for hydroxylation is 1. The van der Waals surface area contributed by atoms with Gasteiger partial charge in [-0.05, 0) is 38.0 Å². The van der Waals surface area contributed by atoms with Gasteiger partial charge in [0.1, 0.15) is 11.3 Å². The van der Waals surface area contributed by atoms with Crippen molar-refractivity contribution in [3.63, 3.8) is 0 Å². The van der Waals surface area contributed by atoms with Gasteiger partial charge in [-0.15, -0.1) is 0 Å². The molecule has 0 atom stereocenters. The van der Waals surface area contributed by atoms with Crippen LogP contribution in [0, 0.1) is 6.92 Å². The Balaban J connectivity index is 1.50. The summed E-state index contributed by atoms with van der Waals surface area (Å²) < 4.78 is 5.78. The van der Waals surface area contributed by atoms with Gasteiger partial charge >= 0.3 is 0 Å². The van der Waals surface area contributed by atoms with Gasteiger partial charge in [0.2, 0.25) is 0 Å². The fourth-order valence-corrected chi connectivity index (χ4v) is 2.17. The van der Waals surface area contributed by atoms with E-state index >= 15 is 0 Å². The van der Waals surface area contributed by atoms with E-state index in [-0.39, 0.29) is 0 Å². The lowest BCUT2D eigenvalue weighted by molar-refractivity contribution is 0.507. The zero-order valence-corrected chi connectivity index (χ0v) is 10.8. The molecular weight excluding hydrogens is 224 g/mol. The molecule has 1 saturated carbocycles. The maximum absolute atomic E-state index is 5.78. The second-order valence-electron chi connectivity index (χ2n) is 5.16. The lowest BCUT2D eigenvalue weighted by atomic mass is 10.2. The zero-order chi connectivity index (χ0) is 12.4. The quantitative estimate of drug-likeness (QED) is 0.767. The highest BCUT2D eigenvalue weighted by atomic mass is 16.3. The minimum atomic E-state index is 0.793. The second-order valence-corrected chi connectivity index (χ2v) is 5.16. The average molecular weight is 244 g/mol. The van der Waals surface area contributed by atoms with Crippen LogP contribution in [0.4, 0.5) is 0 Å². The second kappa shape index (κ2) is 5.12. The highest BCUT2D eigenvalue weighted by Gasteiger charge is 2.19. The molecule has 3 heteroatoms. The van der Waals surface area contributed by atoms with E-state index in [1.165, 1.54) is 23.8 Å². The molecule has 0 saturated heterocycles. The number of hydrogen-bond donors (Lipinski definition) is 2. The third-order valence-electron chi connectivity index (χ3n) is 3.33. The summed E-state index contributed by atoms with van der Waals surface area (Å²) in [5.74, 6) is 1.02. The minimum absolute atomic E-state index is 0.793. The van der Waals surface area contributed by atoms with E-state index < -0.39 is 0 Å². The molecule has 2 N–H and O–H groups in total. The minimum Gasteiger partial charge on any atom is -0.460 e. The molecule has 0 aliphatic heterocycles. The molecule has 0 spiro atoms. The molecule has 2 aromatic rings. The van der Waals surface area contributed by atoms with Crippen LogP contribution in [0.5, 0.6) is 0 Å². The third-order valence-corrected chi connectivity index (χ3v) is 3.33. The Morgan fingerprint density at radius 3 is 2.94 bits per heavy atom. The molecule has 0 amide bonds. The highest BCUT2D eigenvalue weighted by molar-refractivity contribution is 5.78. The molecule has 0 unspecified atom stereocenters. The van der Waals surface area contributed by atoms with E-state index in [9.17, 15) is 0 Å². The third kappa shape index (κ3) is 2.92. The van der Waals surface area contributed by atoms with Crippen LogP contribution in [-0.4, -0.2) is 19.1 Å². The predicted octanol–water partition coefficient (Wildman–Crippen LogP) is 2.58. The Hall–Kier alpha value is -1.32. The van der Waals surface area contributed by atoms with E-state index in [1.807, 2.05) is 6.07 Å². The normalized spacial score (nSPS) is 15.4. The number of hydrogen-bond acceptors (Lipinski definition) is 3. The van der Waals surface area contributed by atoms with E-state index in [0.29, 0.717) is 0 Å². The van der Waals surface area contributed by atoms with Crippen molar-refractivity contribution in [1.29, 1.82) is 0 Å². The predicted molar refractivity (Wildman–Crippen MR) is 73.7 cm³/mol. The Labute approximate surface area is 108 Å². The van der Waals surface area contributed by atoms with Crippen molar-refractivity contribution in [2.45, 2.75) is 32.4 Å². The average Bonchev–Trinajstić information content (AvgIpc) is 3.08. The highest BCUT2D eigenvalue weighted by Crippen LogP contribution is 2.20. The standard InChI is InChI=1S/C15H20N2O/c1-11-2-5-15-12(8-11)9-14(18-15)10-16-6-7-17-13-3-4-13/h2,5,8-9,13,16-17H,3-4,6-7,10H2,1H3. The van der Waals surface area contributed by atoms with E-state index in [0.717, 1.165) is 37.0 Å². The first kappa shape index (κ1) is 11.8. The Kier molecular flexibility index (Phi) is 3.35. The number of fused-ring (bicyclic) bond motifs is 1. The summed E-state index contributed by atoms with van der Waals surface area (Å²) >= 11 is 0. The summed E-state index contributed by atoms with van der Waals surface area (Å²) in [7, 11) is 0. The van der Waals surface area contributed by atoms with Gasteiger partial charge in [-0.3, -0.25) is 0 Å². The van der Waals surface area contributed by atoms with Gasteiger partial charge in [0.05, 0.1) is 6.54 Å². The smallest absolute Gasteiger partial charge is 0.134 e. The van der Waals surface area contributed by atoms with Crippen LogP contribution in [0.3, 0.4) is 0 Å². The Bertz CT molecular complexity index is 528. The van der Waals surface area contributed by atoms with Crippen LogP contribution in [0.15, 0.2) is 28.7 Å². The molecule has 1 aliphatic rings. The molecule has 1 aromatic heterocycles. The van der Waals surface area contributed by atoms with Crippen LogP contribution in [0.1, 0.15) is 24.2 Å². The molecule has 0 radical (unpaired) electrons. The van der Waals surface area contributed by atoms with Gasteiger partial charge in [0, 0.05) is 24.5 Å². The molecule has 1 aliphatic carbocycles. The number of furan rings is 1. The number of rotatable bonds is 6. The van der Waals surface area contributed by atoms with Crippen LogP contribution in [-0.2, 0) is 6.54 Å². The van der Waals surface area contributed by atoms with Crippen molar-refractivity contribution < 1.29 is 4.42 Å². The van der Waals surface area contributed by atoms with Crippen molar-refractivity contribution in [1.82, 2.24) is 10.6 Å². The summed E-state index contributed by atoms with van der Waals surface area (Å²) in [4.78, 5) is 0. The molecule has 0 bridgehead atoms. The van der Waals surface area contributed by atoms with Crippen LogP contribution >= 0.6 is 0 Å². The van der Waals surface area contributed by atoms with Crippen molar-refractivity contribution in [2.75, 3.05) is 13.1 Å². The van der Waals surface area contributed by atoms with Crippen LogP contribution in [0.25, 0.3) is 11.0 Å². The van der Waals surface area contributed by atoms with Gasteiger partial charge < -0.3 is 15.1 Å². The monoisotopic (exact) mass is 244 g/mol. The van der Waals surface area contributed by atoms with Gasteiger partial charge in [0.25, 0.3) is 0 Å². The molecule has 96 valence electrons. The summed E-state index contributed by atoms with van der Waals surface area (Å²) in [6.07, 6.45) is 2.70. The summed E-state index contributed by atoms with van der Waals surface area (Å²) in [6, 6.07) is 9.22. The van der Waals surface area contributed by atoms with Crippen LogP contribution < -0.4 is 10.6 Å². The molecule has 1 fully saturated rings. The first-order valence-electron chi connectivity index (χ1n) is 6.74. The van der Waals surface area contributed by atoms with E-state index in [4.69, 9.17) is 4.42 Å². The zero-order valence-electron chi connectivity index (χ0n) is 10.8. The van der Waals surface area contributed by atoms with Crippen molar-refractivity contribution in [3.8, 4) is 0 Å². The molecule has 3 nitrogen and oxygen atoms in total.